The second-order valence-electron chi connectivity index (χ2n) is 3.52. The lowest BCUT2D eigenvalue weighted by atomic mass is 10.2. The summed E-state index contributed by atoms with van der Waals surface area (Å²) in [6.45, 7) is 0. The Bertz CT molecular complexity index is 711. The van der Waals surface area contributed by atoms with Crippen molar-refractivity contribution in [2.45, 2.75) is 0 Å². The lowest BCUT2D eigenvalue weighted by molar-refractivity contribution is 0.399. The van der Waals surface area contributed by atoms with Gasteiger partial charge in [0.1, 0.15) is 11.5 Å². The normalized spacial score (nSPS) is 10.8. The summed E-state index contributed by atoms with van der Waals surface area (Å²) in [4.78, 5) is 8.14. The summed E-state index contributed by atoms with van der Waals surface area (Å²) < 4.78 is 6.93. The van der Waals surface area contributed by atoms with Gasteiger partial charge in [0, 0.05) is 12.3 Å². The van der Waals surface area contributed by atoms with E-state index in [9.17, 15) is 0 Å². The predicted octanol–water partition coefficient (Wildman–Crippen LogP) is 1.85. The van der Waals surface area contributed by atoms with E-state index in [1.807, 2.05) is 12.1 Å². The van der Waals surface area contributed by atoms with Crippen LogP contribution in [0.3, 0.4) is 0 Å². The van der Waals surface area contributed by atoms with E-state index < -0.39 is 0 Å². The summed E-state index contributed by atoms with van der Waals surface area (Å²) in [6.07, 6.45) is 3.22. The first-order chi connectivity index (χ1) is 8.79. The molecule has 3 rings (SSSR count). The highest BCUT2D eigenvalue weighted by molar-refractivity contribution is 6.29. The zero-order valence-corrected chi connectivity index (χ0v) is 10.2. The van der Waals surface area contributed by atoms with Crippen molar-refractivity contribution in [2.75, 3.05) is 7.11 Å². The lowest BCUT2D eigenvalue weighted by Gasteiger charge is -2.04. The molecule has 0 aliphatic heterocycles. The number of pyridine rings is 1. The summed E-state index contributed by atoms with van der Waals surface area (Å²) in [7, 11) is 1.56. The van der Waals surface area contributed by atoms with Gasteiger partial charge in [0.05, 0.1) is 12.7 Å². The van der Waals surface area contributed by atoms with Crippen molar-refractivity contribution in [1.82, 2.24) is 24.6 Å². The molecule has 0 N–H and O–H groups in total. The number of ether oxygens (including phenoxy) is 1. The molecule has 3 aromatic heterocycles. The average molecular weight is 262 g/mol. The third-order valence-electron chi connectivity index (χ3n) is 2.47. The van der Waals surface area contributed by atoms with Gasteiger partial charge in [-0.25, -0.2) is 9.97 Å². The highest BCUT2D eigenvalue weighted by Gasteiger charge is 2.13. The molecule has 7 heteroatoms. The van der Waals surface area contributed by atoms with Crippen molar-refractivity contribution in [3.05, 3.63) is 35.9 Å². The van der Waals surface area contributed by atoms with E-state index in [1.54, 1.807) is 30.1 Å². The van der Waals surface area contributed by atoms with E-state index in [4.69, 9.17) is 16.3 Å². The maximum absolute atomic E-state index is 5.80. The van der Waals surface area contributed by atoms with Crippen LogP contribution in [0.2, 0.25) is 5.15 Å². The number of aromatic nitrogens is 5. The van der Waals surface area contributed by atoms with Gasteiger partial charge in [0.2, 0.25) is 5.88 Å². The minimum absolute atomic E-state index is 0.375. The number of hydrogen-bond acceptors (Lipinski definition) is 5. The van der Waals surface area contributed by atoms with E-state index in [-0.39, 0.29) is 0 Å². The van der Waals surface area contributed by atoms with Gasteiger partial charge >= 0.3 is 0 Å². The minimum atomic E-state index is 0.375. The van der Waals surface area contributed by atoms with Crippen molar-refractivity contribution in [1.29, 1.82) is 0 Å². The molecule has 6 nitrogen and oxygen atoms in total. The largest absolute Gasteiger partial charge is 0.480 e. The molecular formula is C11H8ClN5O. The molecule has 0 aromatic carbocycles. The van der Waals surface area contributed by atoms with Crippen LogP contribution in [0.25, 0.3) is 17.0 Å². The van der Waals surface area contributed by atoms with Gasteiger partial charge in [-0.05, 0) is 12.1 Å². The quantitative estimate of drug-likeness (QED) is 0.659. The van der Waals surface area contributed by atoms with Crippen molar-refractivity contribution in [2.24, 2.45) is 0 Å². The summed E-state index contributed by atoms with van der Waals surface area (Å²) in [6, 6.07) is 5.31. The molecule has 3 heterocycles. The fourth-order valence-electron chi connectivity index (χ4n) is 1.68. The average Bonchev–Trinajstić information content (AvgIpc) is 2.81. The van der Waals surface area contributed by atoms with E-state index in [1.165, 1.54) is 0 Å². The van der Waals surface area contributed by atoms with Crippen LogP contribution in [0.4, 0.5) is 0 Å². The molecule has 0 spiro atoms. The molecule has 0 radical (unpaired) electrons. The predicted molar refractivity (Wildman–Crippen MR) is 65.6 cm³/mol. The first kappa shape index (κ1) is 10.9. The van der Waals surface area contributed by atoms with Gasteiger partial charge < -0.3 is 4.74 Å². The van der Waals surface area contributed by atoms with Gasteiger partial charge in [-0.2, -0.15) is 0 Å². The Balaban J connectivity index is 2.26. The molecule has 0 bridgehead atoms. The first-order valence-corrected chi connectivity index (χ1v) is 5.53. The van der Waals surface area contributed by atoms with E-state index in [2.05, 4.69) is 20.2 Å². The van der Waals surface area contributed by atoms with E-state index in [0.29, 0.717) is 22.5 Å². The monoisotopic (exact) mass is 261 g/mol. The molecule has 90 valence electrons. The molecule has 0 fully saturated rings. The van der Waals surface area contributed by atoms with Crippen LogP contribution in [0.1, 0.15) is 0 Å². The second-order valence-corrected chi connectivity index (χ2v) is 3.91. The topological polar surface area (TPSA) is 65.2 Å². The number of halogens is 1. The van der Waals surface area contributed by atoms with Crippen LogP contribution >= 0.6 is 11.6 Å². The molecule has 0 aliphatic carbocycles. The summed E-state index contributed by atoms with van der Waals surface area (Å²) in [5.74, 6) is 1.10. The van der Waals surface area contributed by atoms with Crippen LogP contribution < -0.4 is 4.74 Å². The van der Waals surface area contributed by atoms with Gasteiger partial charge in [-0.15, -0.1) is 10.2 Å². The molecule has 18 heavy (non-hydrogen) atoms. The Morgan fingerprint density at radius 3 is 3.00 bits per heavy atom. The molecule has 0 amide bonds. The van der Waals surface area contributed by atoms with Gasteiger partial charge in [0.25, 0.3) is 0 Å². The highest BCUT2D eigenvalue weighted by atomic mass is 35.5. The molecular weight excluding hydrogens is 254 g/mol. The van der Waals surface area contributed by atoms with Crippen LogP contribution in [0.15, 0.2) is 30.7 Å². The van der Waals surface area contributed by atoms with Crippen molar-refractivity contribution >= 4 is 17.2 Å². The van der Waals surface area contributed by atoms with Gasteiger partial charge in [-0.1, -0.05) is 11.6 Å². The molecule has 0 atom stereocenters. The lowest BCUT2D eigenvalue weighted by Crippen LogP contribution is -1.95. The fourth-order valence-corrected chi connectivity index (χ4v) is 1.82. The van der Waals surface area contributed by atoms with Crippen molar-refractivity contribution < 1.29 is 4.74 Å². The second kappa shape index (κ2) is 4.23. The van der Waals surface area contributed by atoms with Crippen LogP contribution in [0, 0.1) is 0 Å². The van der Waals surface area contributed by atoms with Crippen LogP contribution in [0.5, 0.6) is 5.88 Å². The molecule has 0 unspecified atom stereocenters. The maximum atomic E-state index is 5.80. The zero-order chi connectivity index (χ0) is 12.5. The summed E-state index contributed by atoms with van der Waals surface area (Å²) in [5.41, 5.74) is 1.37. The smallest absolute Gasteiger partial charge is 0.224 e. The number of fused-ring (bicyclic) bond motifs is 1. The Labute approximate surface area is 107 Å². The Morgan fingerprint density at radius 2 is 2.17 bits per heavy atom. The summed E-state index contributed by atoms with van der Waals surface area (Å²) in [5, 5.41) is 8.52. The van der Waals surface area contributed by atoms with Gasteiger partial charge in [0.15, 0.2) is 11.5 Å². The number of hydrogen-bond donors (Lipinski definition) is 0. The first-order valence-electron chi connectivity index (χ1n) is 5.15. The highest BCUT2D eigenvalue weighted by Crippen LogP contribution is 2.26. The third kappa shape index (κ3) is 1.67. The molecule has 0 saturated carbocycles. The fraction of sp³-hybridized carbons (Fsp3) is 0.0909. The zero-order valence-electron chi connectivity index (χ0n) is 9.41. The standard InChI is InChI=1S/C11H8ClN5O/c1-18-11-7(3-2-4-13-11)10-16-15-9-5-8(12)14-6-17(9)10/h2-6H,1H3. The third-order valence-corrected chi connectivity index (χ3v) is 2.68. The maximum Gasteiger partial charge on any atom is 0.224 e. The number of methoxy groups -OCH3 is 1. The minimum Gasteiger partial charge on any atom is -0.480 e. The molecule has 0 aliphatic rings. The van der Waals surface area contributed by atoms with Gasteiger partial charge in [-0.3, -0.25) is 4.40 Å². The summed E-state index contributed by atoms with van der Waals surface area (Å²) >= 11 is 5.80. The number of rotatable bonds is 2. The van der Waals surface area contributed by atoms with Crippen LogP contribution in [-0.4, -0.2) is 31.7 Å². The van der Waals surface area contributed by atoms with Crippen molar-refractivity contribution in [3.63, 3.8) is 0 Å². The SMILES string of the molecule is COc1ncccc1-c1nnc2cc(Cl)ncn12. The van der Waals surface area contributed by atoms with Crippen LogP contribution in [-0.2, 0) is 0 Å². The molecule has 3 aromatic rings. The van der Waals surface area contributed by atoms with Crippen molar-refractivity contribution in [3.8, 4) is 17.3 Å². The number of nitrogens with zero attached hydrogens (tertiary/aromatic N) is 5. The Morgan fingerprint density at radius 1 is 1.28 bits per heavy atom. The van der Waals surface area contributed by atoms with E-state index in [0.717, 1.165) is 5.56 Å². The Kier molecular flexibility index (Phi) is 2.56. The Hall–Kier alpha value is -2.21. The van der Waals surface area contributed by atoms with E-state index >= 15 is 0 Å². The molecule has 0 saturated heterocycles.